The van der Waals surface area contributed by atoms with E-state index in [-0.39, 0.29) is 11.7 Å². The number of benzene rings is 2. The van der Waals surface area contributed by atoms with Crippen LogP contribution in [0, 0.1) is 5.82 Å². The van der Waals surface area contributed by atoms with E-state index in [9.17, 15) is 9.18 Å². The molecule has 2 aromatic rings. The van der Waals surface area contributed by atoms with E-state index in [2.05, 4.69) is 17.3 Å². The fraction of sp³-hybridized carbons (Fsp3) is 0.250. The summed E-state index contributed by atoms with van der Waals surface area (Å²) < 4.78 is 13.1. The first-order valence-corrected chi connectivity index (χ1v) is 8.51. The van der Waals surface area contributed by atoms with Gasteiger partial charge in [0.2, 0.25) is 5.91 Å². The highest BCUT2D eigenvalue weighted by molar-refractivity contribution is 6.02. The van der Waals surface area contributed by atoms with Gasteiger partial charge in [0.25, 0.3) is 0 Å². The van der Waals surface area contributed by atoms with Crippen molar-refractivity contribution in [2.24, 2.45) is 0 Å². The van der Waals surface area contributed by atoms with Crippen LogP contribution in [0.1, 0.15) is 5.56 Å². The molecular formula is C20H23FN3O+. The number of carbonyl (C=O) groups excluding carboxylic acids is 1. The van der Waals surface area contributed by atoms with E-state index in [0.29, 0.717) is 5.56 Å². The average molecular weight is 340 g/mol. The second kappa shape index (κ2) is 7.94. The Morgan fingerprint density at radius 2 is 1.88 bits per heavy atom. The van der Waals surface area contributed by atoms with Gasteiger partial charge in [-0.2, -0.15) is 0 Å². The van der Waals surface area contributed by atoms with Gasteiger partial charge in [-0.05, 0) is 48.0 Å². The third kappa shape index (κ3) is 4.90. The van der Waals surface area contributed by atoms with Gasteiger partial charge in [-0.3, -0.25) is 4.79 Å². The predicted molar refractivity (Wildman–Crippen MR) is 99.3 cm³/mol. The molecule has 2 N–H and O–H groups in total. The molecule has 0 unspecified atom stereocenters. The van der Waals surface area contributed by atoms with E-state index in [1.165, 1.54) is 23.9 Å². The third-order valence-electron chi connectivity index (χ3n) is 4.39. The minimum Gasteiger partial charge on any atom is -0.360 e. The molecule has 0 spiro atoms. The second-order valence-corrected chi connectivity index (χ2v) is 6.37. The lowest BCUT2D eigenvalue weighted by Gasteiger charge is -2.31. The monoisotopic (exact) mass is 340 g/mol. The number of nitrogens with one attached hydrogen (secondary N) is 2. The second-order valence-electron chi connectivity index (χ2n) is 6.37. The minimum absolute atomic E-state index is 0.236. The Bertz CT molecular complexity index is 750. The van der Waals surface area contributed by atoms with Crippen LogP contribution in [0.2, 0.25) is 0 Å². The van der Waals surface area contributed by atoms with Gasteiger partial charge in [-0.15, -0.1) is 0 Å². The molecule has 1 saturated heterocycles. The normalized spacial score (nSPS) is 15.5. The van der Waals surface area contributed by atoms with Gasteiger partial charge in [0.15, 0.2) is 0 Å². The highest BCUT2D eigenvalue weighted by atomic mass is 19.1. The number of halogens is 1. The van der Waals surface area contributed by atoms with Crippen molar-refractivity contribution in [3.63, 3.8) is 0 Å². The smallest absolute Gasteiger partial charge is 0.248 e. The van der Waals surface area contributed by atoms with Gasteiger partial charge < -0.3 is 15.1 Å². The fourth-order valence-electron chi connectivity index (χ4n) is 2.87. The largest absolute Gasteiger partial charge is 0.360 e. The molecule has 4 nitrogen and oxygen atoms in total. The number of piperazine rings is 1. The molecule has 0 saturated carbocycles. The number of anilines is 2. The van der Waals surface area contributed by atoms with Crippen LogP contribution < -0.4 is 15.1 Å². The van der Waals surface area contributed by atoms with Crippen LogP contribution in [-0.4, -0.2) is 39.1 Å². The lowest BCUT2D eigenvalue weighted by atomic mass is 10.2. The topological polar surface area (TPSA) is 36.8 Å². The van der Waals surface area contributed by atoms with Crippen molar-refractivity contribution >= 4 is 23.4 Å². The number of rotatable bonds is 4. The number of hydrogen-bond donors (Lipinski definition) is 2. The van der Waals surface area contributed by atoms with E-state index in [1.54, 1.807) is 23.1 Å². The first kappa shape index (κ1) is 17.2. The molecule has 2 aromatic carbocycles. The van der Waals surface area contributed by atoms with E-state index in [1.807, 2.05) is 24.3 Å². The van der Waals surface area contributed by atoms with Gasteiger partial charge in [0.05, 0.1) is 33.2 Å². The first-order valence-electron chi connectivity index (χ1n) is 8.51. The summed E-state index contributed by atoms with van der Waals surface area (Å²) in [4.78, 5) is 15.9. The molecule has 0 bridgehead atoms. The Labute approximate surface area is 147 Å². The number of quaternary nitrogens is 1. The van der Waals surface area contributed by atoms with Gasteiger partial charge in [0, 0.05) is 17.5 Å². The van der Waals surface area contributed by atoms with E-state index in [0.717, 1.165) is 31.9 Å². The summed E-state index contributed by atoms with van der Waals surface area (Å²) in [6.07, 6.45) is 3.01. The van der Waals surface area contributed by atoms with Gasteiger partial charge in [-0.1, -0.05) is 12.1 Å². The van der Waals surface area contributed by atoms with Crippen LogP contribution in [0.25, 0.3) is 6.08 Å². The van der Waals surface area contributed by atoms with Crippen molar-refractivity contribution in [1.82, 2.24) is 0 Å². The molecule has 0 aromatic heterocycles. The maximum atomic E-state index is 13.1. The van der Waals surface area contributed by atoms with Crippen molar-refractivity contribution in [2.75, 3.05) is 43.4 Å². The predicted octanol–water partition coefficient (Wildman–Crippen LogP) is 1.81. The van der Waals surface area contributed by atoms with Crippen molar-refractivity contribution in [3.8, 4) is 0 Å². The molecule has 0 aliphatic carbocycles. The summed E-state index contributed by atoms with van der Waals surface area (Å²) in [7, 11) is 2.22. The molecule has 0 atom stereocenters. The summed E-state index contributed by atoms with van der Waals surface area (Å²) in [6, 6.07) is 14.0. The number of carbonyl (C=O) groups is 1. The Balaban J connectivity index is 1.56. The molecule has 25 heavy (non-hydrogen) atoms. The average Bonchev–Trinajstić information content (AvgIpc) is 2.62. The van der Waals surface area contributed by atoms with Crippen molar-refractivity contribution < 1.29 is 14.1 Å². The zero-order valence-corrected chi connectivity index (χ0v) is 14.3. The van der Waals surface area contributed by atoms with Crippen LogP contribution in [0.4, 0.5) is 15.8 Å². The lowest BCUT2D eigenvalue weighted by Crippen LogP contribution is -3.12. The lowest BCUT2D eigenvalue weighted by molar-refractivity contribution is -0.880. The van der Waals surface area contributed by atoms with Crippen LogP contribution >= 0.6 is 0 Å². The van der Waals surface area contributed by atoms with Crippen LogP contribution in [0.15, 0.2) is 54.6 Å². The van der Waals surface area contributed by atoms with Gasteiger partial charge in [0.1, 0.15) is 5.82 Å². The van der Waals surface area contributed by atoms with Crippen LogP contribution in [0.5, 0.6) is 0 Å². The molecule has 3 rings (SSSR count). The summed E-state index contributed by atoms with van der Waals surface area (Å²) >= 11 is 0. The number of hydrogen-bond acceptors (Lipinski definition) is 2. The van der Waals surface area contributed by atoms with Crippen LogP contribution in [0.3, 0.4) is 0 Å². The molecular weight excluding hydrogens is 317 g/mol. The fourth-order valence-corrected chi connectivity index (χ4v) is 2.87. The Kier molecular flexibility index (Phi) is 5.46. The summed E-state index contributed by atoms with van der Waals surface area (Å²) in [5.41, 5.74) is 2.58. The summed E-state index contributed by atoms with van der Waals surface area (Å²) in [5.74, 6) is -0.552. The van der Waals surface area contributed by atoms with E-state index >= 15 is 0 Å². The quantitative estimate of drug-likeness (QED) is 0.833. The zero-order valence-electron chi connectivity index (χ0n) is 14.3. The minimum atomic E-state index is -0.316. The standard InChI is InChI=1S/C20H22FN3O/c1-23-11-13-24(14-12-23)19-8-6-18(7-9-19)22-20(25)10-5-16-3-2-4-17(21)15-16/h2-10,15H,11-14H2,1H3,(H,22,25)/p+1/b10-5+. The third-order valence-corrected chi connectivity index (χ3v) is 4.39. The van der Waals surface area contributed by atoms with Crippen molar-refractivity contribution in [1.29, 1.82) is 0 Å². The SMILES string of the molecule is C[NH+]1CCN(c2ccc(NC(=O)/C=C/c3cccc(F)c3)cc2)CC1. The van der Waals surface area contributed by atoms with Crippen molar-refractivity contribution in [2.45, 2.75) is 0 Å². The molecule has 1 aliphatic heterocycles. The summed E-state index contributed by atoms with van der Waals surface area (Å²) in [5, 5.41) is 2.82. The Hall–Kier alpha value is -2.66. The molecule has 130 valence electrons. The molecule has 1 aliphatic rings. The highest BCUT2D eigenvalue weighted by Gasteiger charge is 2.16. The van der Waals surface area contributed by atoms with E-state index < -0.39 is 0 Å². The molecule has 1 heterocycles. The van der Waals surface area contributed by atoms with Crippen molar-refractivity contribution in [3.05, 3.63) is 66.0 Å². The maximum Gasteiger partial charge on any atom is 0.248 e. The van der Waals surface area contributed by atoms with Gasteiger partial charge in [-0.25, -0.2) is 4.39 Å². The maximum absolute atomic E-state index is 13.1. The molecule has 0 radical (unpaired) electrons. The summed E-state index contributed by atoms with van der Waals surface area (Å²) in [6.45, 7) is 4.38. The highest BCUT2D eigenvalue weighted by Crippen LogP contribution is 2.18. The number of amides is 1. The Morgan fingerprint density at radius 1 is 1.16 bits per heavy atom. The zero-order chi connectivity index (χ0) is 17.6. The van der Waals surface area contributed by atoms with Gasteiger partial charge >= 0.3 is 0 Å². The Morgan fingerprint density at radius 3 is 2.56 bits per heavy atom. The number of nitrogens with zero attached hydrogens (tertiary/aromatic N) is 1. The molecule has 1 fully saturated rings. The first-order chi connectivity index (χ1) is 12.1. The van der Waals surface area contributed by atoms with Crippen LogP contribution in [-0.2, 0) is 4.79 Å². The molecule has 5 heteroatoms. The molecule has 1 amide bonds. The van der Waals surface area contributed by atoms with E-state index in [4.69, 9.17) is 0 Å². The number of likely N-dealkylation sites (N-methyl/N-ethyl adjacent to an activating group) is 1.